The zero-order valence-corrected chi connectivity index (χ0v) is 20.1. The van der Waals surface area contributed by atoms with E-state index in [0.717, 1.165) is 24.4 Å². The van der Waals surface area contributed by atoms with Crippen LogP contribution in [0.1, 0.15) is 64.7 Å². The fourth-order valence-electron chi connectivity index (χ4n) is 3.68. The number of aromatic amines is 1. The van der Waals surface area contributed by atoms with E-state index >= 15 is 0 Å². The van der Waals surface area contributed by atoms with Crippen LogP contribution in [0.15, 0.2) is 40.3 Å². The molecule has 1 aliphatic rings. The van der Waals surface area contributed by atoms with Crippen LogP contribution in [0.4, 0.5) is 0 Å². The lowest BCUT2D eigenvalue weighted by Crippen LogP contribution is -2.13. The van der Waals surface area contributed by atoms with Gasteiger partial charge in [0.25, 0.3) is 5.56 Å². The van der Waals surface area contributed by atoms with Crippen molar-refractivity contribution in [1.29, 1.82) is 0 Å². The molecule has 170 valence electrons. The molecule has 1 aliphatic carbocycles. The van der Waals surface area contributed by atoms with Gasteiger partial charge >= 0.3 is 5.97 Å². The monoisotopic (exact) mass is 481 g/mol. The summed E-state index contributed by atoms with van der Waals surface area (Å²) in [5, 5.41) is 5.64. The summed E-state index contributed by atoms with van der Waals surface area (Å²) in [4.78, 5) is 38.4. The summed E-state index contributed by atoms with van der Waals surface area (Å²) >= 11 is 2.64. The van der Waals surface area contributed by atoms with E-state index in [9.17, 15) is 9.59 Å². The molecule has 0 aliphatic heterocycles. The number of hydrogen-bond donors (Lipinski definition) is 1. The molecule has 33 heavy (non-hydrogen) atoms. The van der Waals surface area contributed by atoms with Crippen LogP contribution in [0.5, 0.6) is 0 Å². The Morgan fingerprint density at radius 2 is 2.06 bits per heavy atom. The molecule has 4 aromatic rings. The van der Waals surface area contributed by atoms with E-state index in [-0.39, 0.29) is 17.4 Å². The van der Waals surface area contributed by atoms with Gasteiger partial charge in [-0.3, -0.25) is 4.79 Å². The molecule has 1 fully saturated rings. The minimum Gasteiger partial charge on any atom is -0.462 e. The van der Waals surface area contributed by atoms with Gasteiger partial charge in [-0.05, 0) is 51.3 Å². The first-order valence-electron chi connectivity index (χ1n) is 10.9. The first-order valence-corrected chi connectivity index (χ1v) is 12.5. The van der Waals surface area contributed by atoms with Crippen molar-refractivity contribution in [2.45, 2.75) is 49.9 Å². The number of thiophene rings is 1. The standard InChI is InChI=1S/C23H23N5O3S2/c1-4-31-22(30)17-12(2)16-20(29)24-18(25-21(16)33-17)13(3)32-23-26-19(14-10-11-14)28(27-23)15-8-6-5-7-9-15/h5-9,13-14H,4,10-11H2,1-3H3,(H,24,25,29). The first-order chi connectivity index (χ1) is 16.0. The average molecular weight is 482 g/mol. The Balaban J connectivity index is 1.45. The molecule has 5 rings (SSSR count). The Bertz CT molecular complexity index is 1390. The number of hydrogen-bond acceptors (Lipinski definition) is 8. The summed E-state index contributed by atoms with van der Waals surface area (Å²) in [5.74, 6) is 1.51. The van der Waals surface area contributed by atoms with E-state index in [2.05, 4.69) is 9.97 Å². The van der Waals surface area contributed by atoms with Gasteiger partial charge in [0.15, 0.2) is 0 Å². The van der Waals surface area contributed by atoms with Crippen molar-refractivity contribution >= 4 is 39.3 Å². The molecule has 1 atom stereocenters. The van der Waals surface area contributed by atoms with Crippen molar-refractivity contribution in [3.8, 4) is 5.69 Å². The maximum atomic E-state index is 12.8. The lowest BCUT2D eigenvalue weighted by atomic mass is 10.2. The second-order valence-electron chi connectivity index (χ2n) is 7.94. The van der Waals surface area contributed by atoms with E-state index in [4.69, 9.17) is 14.8 Å². The van der Waals surface area contributed by atoms with Gasteiger partial charge < -0.3 is 9.72 Å². The second kappa shape index (κ2) is 8.75. The Kier molecular flexibility index (Phi) is 5.79. The van der Waals surface area contributed by atoms with Crippen LogP contribution < -0.4 is 5.56 Å². The van der Waals surface area contributed by atoms with Crippen molar-refractivity contribution in [3.63, 3.8) is 0 Å². The molecule has 8 nitrogen and oxygen atoms in total. The quantitative estimate of drug-likeness (QED) is 0.299. The Labute approximate surface area is 198 Å². The van der Waals surface area contributed by atoms with E-state index in [1.807, 2.05) is 41.9 Å². The summed E-state index contributed by atoms with van der Waals surface area (Å²) in [6, 6.07) is 9.99. The van der Waals surface area contributed by atoms with Crippen molar-refractivity contribution in [1.82, 2.24) is 24.7 Å². The van der Waals surface area contributed by atoms with Gasteiger partial charge in [-0.15, -0.1) is 16.4 Å². The number of benzene rings is 1. The number of para-hydroxylation sites is 1. The molecule has 0 spiro atoms. The lowest BCUT2D eigenvalue weighted by Gasteiger charge is -2.08. The fourth-order valence-corrected chi connectivity index (χ4v) is 5.57. The first kappa shape index (κ1) is 21.8. The number of H-pyrrole nitrogens is 1. The summed E-state index contributed by atoms with van der Waals surface area (Å²) < 4.78 is 7.03. The fraction of sp³-hybridized carbons (Fsp3) is 0.348. The van der Waals surface area contributed by atoms with Gasteiger partial charge in [-0.1, -0.05) is 30.0 Å². The molecule has 10 heteroatoms. The molecule has 0 amide bonds. The molecule has 1 saturated carbocycles. The van der Waals surface area contributed by atoms with Crippen LogP contribution in [-0.4, -0.2) is 37.3 Å². The third-order valence-corrected chi connectivity index (χ3v) is 7.63. The number of esters is 1. The molecule has 0 saturated heterocycles. The van der Waals surface area contributed by atoms with Gasteiger partial charge in [-0.25, -0.2) is 19.4 Å². The normalized spacial score (nSPS) is 14.5. The van der Waals surface area contributed by atoms with Crippen LogP contribution in [0.2, 0.25) is 0 Å². The summed E-state index contributed by atoms with van der Waals surface area (Å²) in [7, 11) is 0. The van der Waals surface area contributed by atoms with Gasteiger partial charge in [-0.2, -0.15) is 0 Å². The highest BCUT2D eigenvalue weighted by Gasteiger charge is 2.31. The summed E-state index contributed by atoms with van der Waals surface area (Å²) in [6.45, 7) is 5.74. The molecular weight excluding hydrogens is 458 g/mol. The Morgan fingerprint density at radius 1 is 1.30 bits per heavy atom. The number of carbonyl (C=O) groups excluding carboxylic acids is 1. The number of aromatic nitrogens is 5. The van der Waals surface area contributed by atoms with Gasteiger partial charge in [0, 0.05) is 5.92 Å². The molecular formula is C23H23N5O3S2. The van der Waals surface area contributed by atoms with Crippen molar-refractivity contribution in [2.75, 3.05) is 6.61 Å². The zero-order valence-electron chi connectivity index (χ0n) is 18.5. The third-order valence-electron chi connectivity index (χ3n) is 5.50. The van der Waals surface area contributed by atoms with E-state index in [1.54, 1.807) is 13.8 Å². The maximum Gasteiger partial charge on any atom is 0.348 e. The Morgan fingerprint density at radius 3 is 2.76 bits per heavy atom. The molecule has 1 N–H and O–H groups in total. The number of thioether (sulfide) groups is 1. The summed E-state index contributed by atoms with van der Waals surface area (Å²) in [5.41, 5.74) is 1.33. The number of carbonyl (C=O) groups is 1. The molecule has 0 radical (unpaired) electrons. The smallest absolute Gasteiger partial charge is 0.348 e. The number of rotatable bonds is 7. The SMILES string of the molecule is CCOC(=O)c1sc2nc(C(C)Sc3nc(C4CC4)n(-c4ccccc4)n3)[nH]c(=O)c2c1C. The second-order valence-corrected chi connectivity index (χ2v) is 10.2. The number of nitrogens with one attached hydrogen (secondary N) is 1. The third kappa shape index (κ3) is 4.20. The van der Waals surface area contributed by atoms with Crippen molar-refractivity contribution in [3.05, 3.63) is 62.8 Å². The minimum atomic E-state index is -0.426. The van der Waals surface area contributed by atoms with Crippen LogP contribution in [0, 0.1) is 6.92 Å². The van der Waals surface area contributed by atoms with E-state index in [0.29, 0.717) is 37.6 Å². The highest BCUT2D eigenvalue weighted by molar-refractivity contribution is 7.99. The van der Waals surface area contributed by atoms with Crippen molar-refractivity contribution < 1.29 is 9.53 Å². The van der Waals surface area contributed by atoms with Crippen LogP contribution in [0.25, 0.3) is 15.9 Å². The average Bonchev–Trinajstić information content (AvgIpc) is 3.48. The number of nitrogens with zero attached hydrogens (tertiary/aromatic N) is 4. The zero-order chi connectivity index (χ0) is 23.1. The van der Waals surface area contributed by atoms with E-state index in [1.165, 1.54) is 23.1 Å². The van der Waals surface area contributed by atoms with Crippen LogP contribution in [0.3, 0.4) is 0 Å². The van der Waals surface area contributed by atoms with Gasteiger partial charge in [0.2, 0.25) is 5.16 Å². The largest absolute Gasteiger partial charge is 0.462 e. The van der Waals surface area contributed by atoms with Crippen molar-refractivity contribution in [2.24, 2.45) is 0 Å². The predicted molar refractivity (Wildman–Crippen MR) is 129 cm³/mol. The highest BCUT2D eigenvalue weighted by atomic mass is 32.2. The predicted octanol–water partition coefficient (Wildman–Crippen LogP) is 4.78. The molecule has 3 aromatic heterocycles. The number of aryl methyl sites for hydroxylation is 1. The number of ether oxygens (including phenoxy) is 1. The topological polar surface area (TPSA) is 103 Å². The van der Waals surface area contributed by atoms with Crippen LogP contribution in [-0.2, 0) is 4.74 Å². The summed E-state index contributed by atoms with van der Waals surface area (Å²) in [6.07, 6.45) is 2.24. The van der Waals surface area contributed by atoms with Crippen LogP contribution >= 0.6 is 23.1 Å². The highest BCUT2D eigenvalue weighted by Crippen LogP contribution is 2.41. The maximum absolute atomic E-state index is 12.8. The molecule has 1 aromatic carbocycles. The minimum absolute atomic E-state index is 0.186. The number of fused-ring (bicyclic) bond motifs is 1. The lowest BCUT2D eigenvalue weighted by molar-refractivity contribution is 0.0531. The van der Waals surface area contributed by atoms with E-state index < -0.39 is 5.97 Å². The molecule has 1 unspecified atom stereocenters. The van der Waals surface area contributed by atoms with Gasteiger partial charge in [0.1, 0.15) is 21.4 Å². The molecule has 3 heterocycles. The molecule has 0 bridgehead atoms. The van der Waals surface area contributed by atoms with Gasteiger partial charge in [0.05, 0.1) is 22.9 Å². The Hall–Kier alpha value is -2.98.